The Bertz CT molecular complexity index is 461. The molecule has 20 heavy (non-hydrogen) atoms. The molecule has 4 N–H and O–H groups in total. The van der Waals surface area contributed by atoms with Crippen LogP contribution in [0.15, 0.2) is 0 Å². The van der Waals surface area contributed by atoms with E-state index < -0.39 is 21.8 Å². The van der Waals surface area contributed by atoms with Crippen LogP contribution in [-0.4, -0.2) is 50.4 Å². The summed E-state index contributed by atoms with van der Waals surface area (Å²) in [6, 6.07) is -1.02. The molecule has 0 saturated carbocycles. The first-order chi connectivity index (χ1) is 9.21. The Hall–Kier alpha value is -1.15. The fraction of sp³-hybridized carbons (Fsp3) is 0.833. The van der Waals surface area contributed by atoms with Crippen molar-refractivity contribution in [1.82, 2.24) is 10.6 Å². The van der Waals surface area contributed by atoms with Crippen LogP contribution in [0.2, 0.25) is 0 Å². The normalized spacial score (nSPS) is 23.1. The van der Waals surface area contributed by atoms with Crippen molar-refractivity contribution in [2.45, 2.75) is 38.8 Å². The molecule has 0 bridgehead atoms. The van der Waals surface area contributed by atoms with Crippen LogP contribution in [0.5, 0.6) is 0 Å². The molecule has 1 rings (SSSR count). The van der Waals surface area contributed by atoms with Gasteiger partial charge in [0.25, 0.3) is 0 Å². The van der Waals surface area contributed by atoms with Crippen molar-refractivity contribution in [3.05, 3.63) is 0 Å². The van der Waals surface area contributed by atoms with Crippen LogP contribution < -0.4 is 16.4 Å². The van der Waals surface area contributed by atoms with Crippen LogP contribution in [0, 0.1) is 5.92 Å². The monoisotopic (exact) mass is 305 g/mol. The molecule has 0 aromatic heterocycles. The van der Waals surface area contributed by atoms with Crippen molar-refractivity contribution in [3.63, 3.8) is 0 Å². The molecule has 0 aliphatic carbocycles. The largest absolute Gasteiger partial charge is 0.351 e. The van der Waals surface area contributed by atoms with E-state index in [-0.39, 0.29) is 35.9 Å². The SMILES string of the molecule is CC(C)[C@H](N)C(=O)NCC(=O)NC1CCCS(=O)(=O)C1. The molecule has 1 unspecified atom stereocenters. The van der Waals surface area contributed by atoms with Gasteiger partial charge in [-0.05, 0) is 18.8 Å². The average molecular weight is 305 g/mol. The first-order valence-corrected chi connectivity index (χ1v) is 8.56. The minimum Gasteiger partial charge on any atom is -0.351 e. The lowest BCUT2D eigenvalue weighted by atomic mass is 10.1. The molecular weight excluding hydrogens is 282 g/mol. The Morgan fingerprint density at radius 2 is 2.00 bits per heavy atom. The lowest BCUT2D eigenvalue weighted by molar-refractivity contribution is -0.127. The highest BCUT2D eigenvalue weighted by molar-refractivity contribution is 7.91. The van der Waals surface area contributed by atoms with Gasteiger partial charge in [-0.15, -0.1) is 0 Å². The van der Waals surface area contributed by atoms with Crippen molar-refractivity contribution in [1.29, 1.82) is 0 Å². The second-order valence-corrected chi connectivity index (χ2v) is 7.74. The quantitative estimate of drug-likeness (QED) is 0.588. The Labute approximate surface area is 119 Å². The van der Waals surface area contributed by atoms with Gasteiger partial charge in [-0.25, -0.2) is 8.42 Å². The third kappa shape index (κ3) is 5.46. The lowest BCUT2D eigenvalue weighted by Gasteiger charge is -2.23. The van der Waals surface area contributed by atoms with E-state index in [4.69, 9.17) is 5.73 Å². The average Bonchev–Trinajstić information content (AvgIpc) is 2.33. The highest BCUT2D eigenvalue weighted by Gasteiger charge is 2.26. The molecule has 1 fully saturated rings. The summed E-state index contributed by atoms with van der Waals surface area (Å²) >= 11 is 0. The van der Waals surface area contributed by atoms with Crippen molar-refractivity contribution < 1.29 is 18.0 Å². The predicted molar refractivity (Wildman–Crippen MR) is 75.6 cm³/mol. The summed E-state index contributed by atoms with van der Waals surface area (Å²) in [5.41, 5.74) is 5.64. The van der Waals surface area contributed by atoms with Gasteiger partial charge in [0.2, 0.25) is 11.8 Å². The van der Waals surface area contributed by atoms with E-state index in [0.717, 1.165) is 0 Å². The number of carbonyl (C=O) groups is 2. The maximum Gasteiger partial charge on any atom is 0.239 e. The van der Waals surface area contributed by atoms with E-state index in [1.54, 1.807) is 0 Å². The van der Waals surface area contributed by atoms with Gasteiger partial charge < -0.3 is 16.4 Å². The molecule has 1 aliphatic heterocycles. The molecule has 0 radical (unpaired) electrons. The fourth-order valence-corrected chi connectivity index (χ4v) is 3.64. The zero-order valence-electron chi connectivity index (χ0n) is 11.9. The number of rotatable bonds is 5. The number of nitrogens with two attached hydrogens (primary N) is 1. The van der Waals surface area contributed by atoms with E-state index in [0.29, 0.717) is 12.8 Å². The van der Waals surface area contributed by atoms with Gasteiger partial charge in [0.15, 0.2) is 9.84 Å². The van der Waals surface area contributed by atoms with Gasteiger partial charge in [0.05, 0.1) is 24.1 Å². The van der Waals surface area contributed by atoms with Crippen LogP contribution in [0.1, 0.15) is 26.7 Å². The van der Waals surface area contributed by atoms with Crippen LogP contribution in [0.3, 0.4) is 0 Å². The number of hydrogen-bond acceptors (Lipinski definition) is 5. The molecule has 8 heteroatoms. The van der Waals surface area contributed by atoms with Crippen molar-refractivity contribution in [2.75, 3.05) is 18.1 Å². The number of carbonyl (C=O) groups excluding carboxylic acids is 2. The minimum atomic E-state index is -3.06. The van der Waals surface area contributed by atoms with Gasteiger partial charge >= 0.3 is 0 Å². The molecule has 116 valence electrons. The maximum absolute atomic E-state index is 11.7. The molecular formula is C12H23N3O4S. The fourth-order valence-electron chi connectivity index (χ4n) is 2.00. The summed E-state index contributed by atoms with van der Waals surface area (Å²) in [6.45, 7) is 3.45. The zero-order chi connectivity index (χ0) is 15.3. The minimum absolute atomic E-state index is 0.0125. The first kappa shape index (κ1) is 16.9. The number of nitrogens with one attached hydrogen (secondary N) is 2. The Morgan fingerprint density at radius 1 is 1.35 bits per heavy atom. The molecule has 0 aromatic carbocycles. The molecule has 7 nitrogen and oxygen atoms in total. The van der Waals surface area contributed by atoms with Gasteiger partial charge in [-0.1, -0.05) is 13.8 Å². The predicted octanol–water partition coefficient (Wildman–Crippen LogP) is -1.22. The summed E-state index contributed by atoms with van der Waals surface area (Å²) in [4.78, 5) is 23.2. The second-order valence-electron chi connectivity index (χ2n) is 5.51. The standard InChI is InChI=1S/C12H23N3O4S/c1-8(2)11(13)12(17)14-6-10(16)15-9-4-3-5-20(18,19)7-9/h8-9,11H,3-7,13H2,1-2H3,(H,14,17)(H,15,16)/t9?,11-/m0/s1. The summed E-state index contributed by atoms with van der Waals surface area (Å²) in [5, 5.41) is 5.07. The molecule has 1 saturated heterocycles. The van der Waals surface area contributed by atoms with Crippen molar-refractivity contribution >= 4 is 21.7 Å². The van der Waals surface area contributed by atoms with Gasteiger partial charge in [0, 0.05) is 6.04 Å². The van der Waals surface area contributed by atoms with Crippen LogP contribution in [-0.2, 0) is 19.4 Å². The van der Waals surface area contributed by atoms with Crippen LogP contribution in [0.4, 0.5) is 0 Å². The summed E-state index contributed by atoms with van der Waals surface area (Å²) in [6.07, 6.45) is 1.20. The van der Waals surface area contributed by atoms with E-state index >= 15 is 0 Å². The van der Waals surface area contributed by atoms with Crippen LogP contribution in [0.25, 0.3) is 0 Å². The van der Waals surface area contributed by atoms with Gasteiger partial charge in [-0.2, -0.15) is 0 Å². The van der Waals surface area contributed by atoms with Gasteiger partial charge in [-0.3, -0.25) is 9.59 Å². The lowest BCUT2D eigenvalue weighted by Crippen LogP contribution is -2.50. The highest BCUT2D eigenvalue weighted by Crippen LogP contribution is 2.11. The number of sulfone groups is 1. The molecule has 0 spiro atoms. The Morgan fingerprint density at radius 3 is 2.55 bits per heavy atom. The van der Waals surface area contributed by atoms with E-state index in [2.05, 4.69) is 10.6 Å². The number of amides is 2. The van der Waals surface area contributed by atoms with E-state index in [1.165, 1.54) is 0 Å². The van der Waals surface area contributed by atoms with Crippen molar-refractivity contribution in [2.24, 2.45) is 11.7 Å². The zero-order valence-corrected chi connectivity index (χ0v) is 12.7. The van der Waals surface area contributed by atoms with Gasteiger partial charge in [0.1, 0.15) is 0 Å². The Kier molecular flexibility index (Phi) is 5.94. The molecule has 2 amide bonds. The molecule has 1 heterocycles. The van der Waals surface area contributed by atoms with E-state index in [9.17, 15) is 18.0 Å². The van der Waals surface area contributed by atoms with Crippen molar-refractivity contribution in [3.8, 4) is 0 Å². The summed E-state index contributed by atoms with van der Waals surface area (Å²) < 4.78 is 22.9. The summed E-state index contributed by atoms with van der Waals surface area (Å²) in [7, 11) is -3.06. The Balaban J connectivity index is 2.35. The molecule has 2 atom stereocenters. The molecule has 0 aromatic rings. The number of hydrogen-bond donors (Lipinski definition) is 3. The maximum atomic E-state index is 11.7. The summed E-state index contributed by atoms with van der Waals surface area (Å²) in [5.74, 6) is -0.637. The second kappa shape index (κ2) is 7.03. The smallest absolute Gasteiger partial charge is 0.239 e. The first-order valence-electron chi connectivity index (χ1n) is 6.74. The topological polar surface area (TPSA) is 118 Å². The highest BCUT2D eigenvalue weighted by atomic mass is 32.2. The molecule has 1 aliphatic rings. The third-order valence-corrected chi connectivity index (χ3v) is 5.09. The van der Waals surface area contributed by atoms with Crippen LogP contribution >= 0.6 is 0 Å². The third-order valence-electron chi connectivity index (χ3n) is 3.27. The van der Waals surface area contributed by atoms with E-state index in [1.807, 2.05) is 13.8 Å².